The maximum absolute atomic E-state index is 13.2. The Hall–Kier alpha value is -3.30. The zero-order chi connectivity index (χ0) is 25.8. The molecule has 0 aliphatic carbocycles. The Morgan fingerprint density at radius 1 is 0.943 bits per heavy atom. The number of nitrogens with one attached hydrogen (secondary N) is 1. The van der Waals surface area contributed by atoms with Gasteiger partial charge < -0.3 is 5.32 Å². The average Bonchev–Trinajstić information content (AvgIpc) is 3.28. The van der Waals surface area contributed by atoms with Crippen molar-refractivity contribution in [3.63, 3.8) is 0 Å². The number of amides is 1. The number of carbonyl (C=O) groups excluding carboxylic acids is 1. The first-order valence-electron chi connectivity index (χ1n) is 11.1. The van der Waals surface area contributed by atoms with Crippen LogP contribution in [0, 0.1) is 0 Å². The number of alkyl halides is 6. The highest BCUT2D eigenvalue weighted by Crippen LogP contribution is 2.38. The molecular formula is C25H25F6N3O. The predicted octanol–water partition coefficient (Wildman–Crippen LogP) is 7.28. The summed E-state index contributed by atoms with van der Waals surface area (Å²) in [6, 6.07) is 7.24. The number of hydrogen-bond donors (Lipinski definition) is 1. The summed E-state index contributed by atoms with van der Waals surface area (Å²) in [5, 5.41) is 2.92. The van der Waals surface area contributed by atoms with Crippen LogP contribution in [-0.2, 0) is 12.4 Å². The Bertz CT molecular complexity index is 1120. The van der Waals surface area contributed by atoms with Gasteiger partial charge in [0.2, 0.25) is 0 Å². The molecule has 1 amide bonds. The van der Waals surface area contributed by atoms with Gasteiger partial charge >= 0.3 is 12.4 Å². The SMILES string of the molecule is CCCCC[C@H](C)NC(=O)c1cncn1-c1ccc(-c2cc(C(F)(F)F)cc(C(F)(F)F)c2)cc1. The van der Waals surface area contributed by atoms with E-state index in [1.807, 2.05) is 6.92 Å². The number of hydrogen-bond acceptors (Lipinski definition) is 2. The van der Waals surface area contributed by atoms with Gasteiger partial charge in [0.15, 0.2) is 0 Å². The van der Waals surface area contributed by atoms with Crippen LogP contribution in [0.3, 0.4) is 0 Å². The fourth-order valence-electron chi connectivity index (χ4n) is 3.68. The van der Waals surface area contributed by atoms with Crippen LogP contribution in [0.15, 0.2) is 55.0 Å². The molecule has 2 aromatic carbocycles. The van der Waals surface area contributed by atoms with E-state index in [2.05, 4.69) is 17.2 Å². The summed E-state index contributed by atoms with van der Waals surface area (Å²) in [5.41, 5.74) is -2.07. The molecule has 10 heteroatoms. The molecule has 0 saturated heterocycles. The summed E-state index contributed by atoms with van der Waals surface area (Å²) in [6.45, 7) is 4.00. The van der Waals surface area contributed by atoms with Crippen LogP contribution >= 0.6 is 0 Å². The van der Waals surface area contributed by atoms with Gasteiger partial charge in [0.05, 0.1) is 23.7 Å². The van der Waals surface area contributed by atoms with Gasteiger partial charge in [-0.1, -0.05) is 38.3 Å². The van der Waals surface area contributed by atoms with Crippen LogP contribution in [0.2, 0.25) is 0 Å². The highest BCUT2D eigenvalue weighted by molar-refractivity contribution is 5.93. The van der Waals surface area contributed by atoms with Crippen molar-refractivity contribution in [1.29, 1.82) is 0 Å². The first-order chi connectivity index (χ1) is 16.4. The van der Waals surface area contributed by atoms with Gasteiger partial charge in [-0.25, -0.2) is 4.98 Å². The molecule has 3 aromatic rings. The van der Waals surface area contributed by atoms with E-state index in [1.165, 1.54) is 41.4 Å². The molecule has 1 aromatic heterocycles. The summed E-state index contributed by atoms with van der Waals surface area (Å²) in [6.07, 6.45) is -3.08. The molecule has 0 fully saturated rings. The van der Waals surface area contributed by atoms with E-state index in [0.29, 0.717) is 17.8 Å². The maximum atomic E-state index is 13.2. The summed E-state index contributed by atoms with van der Waals surface area (Å²) < 4.78 is 80.6. The largest absolute Gasteiger partial charge is 0.416 e. The fourth-order valence-corrected chi connectivity index (χ4v) is 3.68. The van der Waals surface area contributed by atoms with Crippen LogP contribution in [0.25, 0.3) is 16.8 Å². The van der Waals surface area contributed by atoms with E-state index < -0.39 is 23.5 Å². The van der Waals surface area contributed by atoms with Gasteiger partial charge in [0.25, 0.3) is 5.91 Å². The van der Waals surface area contributed by atoms with Crippen molar-refractivity contribution in [2.75, 3.05) is 0 Å². The number of imidazole rings is 1. The minimum absolute atomic E-state index is 0.0384. The molecule has 188 valence electrons. The fraction of sp³-hybridized carbons (Fsp3) is 0.360. The molecule has 1 N–H and O–H groups in total. The summed E-state index contributed by atoms with van der Waals surface area (Å²) in [4.78, 5) is 16.7. The highest BCUT2D eigenvalue weighted by atomic mass is 19.4. The van der Waals surface area contributed by atoms with E-state index in [1.54, 1.807) is 0 Å². The average molecular weight is 497 g/mol. The second kappa shape index (κ2) is 10.5. The molecule has 4 nitrogen and oxygen atoms in total. The molecule has 0 spiro atoms. The third-order valence-electron chi connectivity index (χ3n) is 5.56. The quantitative estimate of drug-likeness (QED) is 0.263. The number of unbranched alkanes of at least 4 members (excludes halogenated alkanes) is 2. The lowest BCUT2D eigenvalue weighted by Gasteiger charge is -2.16. The number of nitrogens with zero attached hydrogens (tertiary/aromatic N) is 2. The predicted molar refractivity (Wildman–Crippen MR) is 120 cm³/mol. The van der Waals surface area contributed by atoms with Crippen molar-refractivity contribution in [2.45, 2.75) is 57.9 Å². The Morgan fingerprint density at radius 3 is 2.09 bits per heavy atom. The van der Waals surface area contributed by atoms with Crippen LogP contribution < -0.4 is 5.32 Å². The number of halogens is 6. The van der Waals surface area contributed by atoms with E-state index >= 15 is 0 Å². The van der Waals surface area contributed by atoms with Gasteiger partial charge in [-0.3, -0.25) is 9.36 Å². The number of aromatic nitrogens is 2. The molecular weight excluding hydrogens is 472 g/mol. The molecule has 0 aliphatic heterocycles. The second-order valence-corrected chi connectivity index (χ2v) is 8.36. The first-order valence-corrected chi connectivity index (χ1v) is 11.1. The minimum Gasteiger partial charge on any atom is -0.348 e. The summed E-state index contributed by atoms with van der Waals surface area (Å²) in [7, 11) is 0. The highest BCUT2D eigenvalue weighted by Gasteiger charge is 2.37. The van der Waals surface area contributed by atoms with Crippen molar-refractivity contribution in [3.05, 3.63) is 71.8 Å². The van der Waals surface area contributed by atoms with E-state index in [9.17, 15) is 31.1 Å². The normalized spacial score (nSPS) is 13.0. The van der Waals surface area contributed by atoms with Gasteiger partial charge in [-0.05, 0) is 54.8 Å². The number of benzene rings is 2. The van der Waals surface area contributed by atoms with Crippen LogP contribution in [0.5, 0.6) is 0 Å². The molecule has 1 heterocycles. The standard InChI is InChI=1S/C25H25F6N3O/c1-3-4-5-6-16(2)33-23(35)22-14-32-15-34(22)21-9-7-17(8-10-21)18-11-19(24(26,27)28)13-20(12-18)25(29,30)31/h7-16H,3-6H2,1-2H3,(H,33,35)/t16-/m0/s1. The van der Waals surface area contributed by atoms with E-state index in [4.69, 9.17) is 0 Å². The topological polar surface area (TPSA) is 46.9 Å². The monoisotopic (exact) mass is 497 g/mol. The molecule has 0 bridgehead atoms. The van der Waals surface area contributed by atoms with Gasteiger partial charge in [0.1, 0.15) is 5.69 Å². The molecule has 0 radical (unpaired) electrons. The van der Waals surface area contributed by atoms with Crippen molar-refractivity contribution in [1.82, 2.24) is 14.9 Å². The Labute approximate surface area is 199 Å². The second-order valence-electron chi connectivity index (χ2n) is 8.36. The molecule has 1 atom stereocenters. The zero-order valence-corrected chi connectivity index (χ0v) is 19.2. The Balaban J connectivity index is 1.86. The molecule has 35 heavy (non-hydrogen) atoms. The van der Waals surface area contributed by atoms with Crippen LogP contribution in [-0.4, -0.2) is 21.5 Å². The third-order valence-corrected chi connectivity index (χ3v) is 5.56. The molecule has 0 aliphatic rings. The minimum atomic E-state index is -4.93. The Kier molecular flexibility index (Phi) is 7.92. The van der Waals surface area contributed by atoms with Crippen molar-refractivity contribution >= 4 is 5.91 Å². The lowest BCUT2D eigenvalue weighted by atomic mass is 9.99. The van der Waals surface area contributed by atoms with Gasteiger partial charge in [-0.15, -0.1) is 0 Å². The molecule has 0 saturated carbocycles. The number of carbonyl (C=O) groups is 1. The van der Waals surface area contributed by atoms with Crippen LogP contribution in [0.1, 0.15) is 61.1 Å². The number of rotatable bonds is 8. The Morgan fingerprint density at radius 2 is 1.54 bits per heavy atom. The maximum Gasteiger partial charge on any atom is 0.416 e. The van der Waals surface area contributed by atoms with Crippen LogP contribution in [0.4, 0.5) is 26.3 Å². The summed E-state index contributed by atoms with van der Waals surface area (Å²) >= 11 is 0. The first kappa shape index (κ1) is 26.3. The smallest absolute Gasteiger partial charge is 0.348 e. The van der Waals surface area contributed by atoms with Gasteiger partial charge in [-0.2, -0.15) is 26.3 Å². The van der Waals surface area contributed by atoms with E-state index in [-0.39, 0.29) is 34.8 Å². The van der Waals surface area contributed by atoms with Crippen molar-refractivity contribution in [3.8, 4) is 16.8 Å². The molecule has 0 unspecified atom stereocenters. The van der Waals surface area contributed by atoms with Crippen molar-refractivity contribution in [2.24, 2.45) is 0 Å². The van der Waals surface area contributed by atoms with E-state index in [0.717, 1.165) is 25.7 Å². The van der Waals surface area contributed by atoms with Gasteiger partial charge in [0, 0.05) is 11.7 Å². The zero-order valence-electron chi connectivity index (χ0n) is 19.2. The third kappa shape index (κ3) is 6.64. The lowest BCUT2D eigenvalue weighted by molar-refractivity contribution is -0.143. The molecule has 3 rings (SSSR count). The van der Waals surface area contributed by atoms with Crippen molar-refractivity contribution < 1.29 is 31.1 Å². The summed E-state index contributed by atoms with van der Waals surface area (Å²) in [5.74, 6) is -0.330. The lowest BCUT2D eigenvalue weighted by Crippen LogP contribution is -2.33.